The second-order valence-electron chi connectivity index (χ2n) is 5.77. The molecule has 1 aromatic carbocycles. The minimum absolute atomic E-state index is 0.0344. The highest BCUT2D eigenvalue weighted by Crippen LogP contribution is 2.26. The Morgan fingerprint density at radius 3 is 3.00 bits per heavy atom. The van der Waals surface area contributed by atoms with E-state index in [1.54, 1.807) is 23.1 Å². The molecule has 1 aromatic heterocycles. The van der Waals surface area contributed by atoms with E-state index in [9.17, 15) is 13.2 Å². The molecule has 3 rings (SSSR count). The number of benzene rings is 1. The van der Waals surface area contributed by atoms with Crippen molar-refractivity contribution in [1.29, 1.82) is 0 Å². The zero-order chi connectivity index (χ0) is 17.3. The van der Waals surface area contributed by atoms with Crippen LogP contribution in [0.1, 0.15) is 12.8 Å². The molecule has 1 atom stereocenters. The van der Waals surface area contributed by atoms with Crippen LogP contribution < -0.4 is 0 Å². The van der Waals surface area contributed by atoms with Gasteiger partial charge in [0.1, 0.15) is 5.52 Å². The Balaban J connectivity index is 1.51. The van der Waals surface area contributed by atoms with E-state index in [2.05, 4.69) is 4.98 Å². The number of carbonyl (C=O) groups excluding carboxylic acids is 1. The van der Waals surface area contributed by atoms with E-state index in [0.29, 0.717) is 53.0 Å². The first-order valence-electron chi connectivity index (χ1n) is 7.48. The van der Waals surface area contributed by atoms with Gasteiger partial charge in [-0.25, -0.2) is 13.4 Å². The van der Waals surface area contributed by atoms with Crippen LogP contribution in [0, 0.1) is 0 Å². The fourth-order valence-electron chi connectivity index (χ4n) is 2.63. The highest BCUT2D eigenvalue weighted by atomic mass is 35.5. The summed E-state index contributed by atoms with van der Waals surface area (Å²) in [5.74, 6) is 0.493. The third-order valence-corrected chi connectivity index (χ3v) is 6.64. The van der Waals surface area contributed by atoms with Gasteiger partial charge in [0, 0.05) is 36.5 Å². The number of amides is 1. The monoisotopic (exact) mass is 388 g/mol. The second kappa shape index (κ2) is 6.93. The minimum Gasteiger partial charge on any atom is -0.431 e. The van der Waals surface area contributed by atoms with Gasteiger partial charge >= 0.3 is 0 Å². The van der Waals surface area contributed by atoms with Gasteiger partial charge in [-0.2, -0.15) is 0 Å². The summed E-state index contributed by atoms with van der Waals surface area (Å²) in [5, 5.41) is 0.656. The normalized spacial score (nSPS) is 18.4. The molecule has 0 aliphatic carbocycles. The van der Waals surface area contributed by atoms with Gasteiger partial charge in [-0.1, -0.05) is 23.4 Å². The smallest absolute Gasteiger partial charge is 0.256 e. The highest BCUT2D eigenvalue weighted by molar-refractivity contribution is 7.99. The largest absolute Gasteiger partial charge is 0.431 e. The van der Waals surface area contributed by atoms with Crippen LogP contribution in [-0.4, -0.2) is 54.6 Å². The number of carbonyl (C=O) groups is 1. The number of hydrogen-bond acceptors (Lipinski definition) is 6. The van der Waals surface area contributed by atoms with Crippen LogP contribution in [0.2, 0.25) is 5.02 Å². The van der Waals surface area contributed by atoms with Crippen molar-refractivity contribution in [3.05, 3.63) is 23.2 Å². The lowest BCUT2D eigenvalue weighted by atomic mass is 10.3. The Kier molecular flexibility index (Phi) is 5.08. The molecule has 24 heavy (non-hydrogen) atoms. The predicted octanol–water partition coefficient (Wildman–Crippen LogP) is 2.61. The van der Waals surface area contributed by atoms with Crippen molar-refractivity contribution in [2.45, 2.75) is 23.3 Å². The summed E-state index contributed by atoms with van der Waals surface area (Å²) in [6.45, 7) is 0.798. The van der Waals surface area contributed by atoms with Crippen molar-refractivity contribution in [3.8, 4) is 0 Å². The predicted molar refractivity (Wildman–Crippen MR) is 94.2 cm³/mol. The minimum atomic E-state index is -3.09. The lowest BCUT2D eigenvalue weighted by molar-refractivity contribution is -0.129. The zero-order valence-electron chi connectivity index (χ0n) is 13.1. The number of aromatic nitrogens is 1. The summed E-state index contributed by atoms with van der Waals surface area (Å²) >= 11 is 7.27. The molecule has 1 amide bonds. The molecule has 0 saturated carbocycles. The fourth-order valence-corrected chi connectivity index (χ4v) is 4.54. The van der Waals surface area contributed by atoms with E-state index < -0.39 is 15.1 Å². The van der Waals surface area contributed by atoms with E-state index >= 15 is 0 Å². The van der Waals surface area contributed by atoms with E-state index in [1.165, 1.54) is 18.0 Å². The molecule has 130 valence electrons. The molecule has 1 aliphatic heterocycles. The molecule has 1 fully saturated rings. The topological polar surface area (TPSA) is 80.5 Å². The van der Waals surface area contributed by atoms with Crippen LogP contribution in [0.3, 0.4) is 0 Å². The van der Waals surface area contributed by atoms with Gasteiger partial charge in [-0.05, 0) is 24.6 Å². The Hall–Kier alpha value is -1.25. The number of likely N-dealkylation sites (tertiary alicyclic amines) is 1. The van der Waals surface area contributed by atoms with Crippen molar-refractivity contribution >= 4 is 50.2 Å². The Morgan fingerprint density at radius 1 is 1.50 bits per heavy atom. The Bertz CT molecular complexity index is 865. The maximum atomic E-state index is 12.2. The SMILES string of the molecule is CS(=O)(=O)C1CCN(C(=O)CCSc2nc3cc(Cl)ccc3o2)C1. The molecular formula is C15H17ClN2O4S2. The number of hydrogen-bond donors (Lipinski definition) is 0. The average Bonchev–Trinajstić information content (AvgIpc) is 3.12. The van der Waals surface area contributed by atoms with Gasteiger partial charge < -0.3 is 9.32 Å². The number of sulfone groups is 1. The summed E-state index contributed by atoms with van der Waals surface area (Å²) in [7, 11) is -3.09. The van der Waals surface area contributed by atoms with Crippen molar-refractivity contribution in [1.82, 2.24) is 9.88 Å². The molecule has 1 unspecified atom stereocenters. The van der Waals surface area contributed by atoms with Crippen molar-refractivity contribution in [3.63, 3.8) is 0 Å². The number of rotatable bonds is 5. The number of halogens is 1. The van der Waals surface area contributed by atoms with Gasteiger partial charge in [-0.3, -0.25) is 4.79 Å². The molecule has 0 bridgehead atoms. The van der Waals surface area contributed by atoms with Crippen LogP contribution in [-0.2, 0) is 14.6 Å². The molecule has 6 nitrogen and oxygen atoms in total. The fraction of sp³-hybridized carbons (Fsp3) is 0.467. The van der Waals surface area contributed by atoms with Crippen molar-refractivity contribution < 1.29 is 17.6 Å². The molecule has 1 aliphatic rings. The molecular weight excluding hydrogens is 372 g/mol. The Labute approximate surface area is 149 Å². The first-order chi connectivity index (χ1) is 11.3. The summed E-state index contributed by atoms with van der Waals surface area (Å²) in [5.41, 5.74) is 1.34. The number of thioether (sulfide) groups is 1. The van der Waals surface area contributed by atoms with E-state index in [-0.39, 0.29) is 5.91 Å². The Morgan fingerprint density at radius 2 is 2.29 bits per heavy atom. The molecule has 1 saturated heterocycles. The maximum Gasteiger partial charge on any atom is 0.256 e. The lowest BCUT2D eigenvalue weighted by Crippen LogP contribution is -2.31. The second-order valence-corrected chi connectivity index (χ2v) is 9.58. The van der Waals surface area contributed by atoms with Gasteiger partial charge in [0.2, 0.25) is 5.91 Å². The third-order valence-electron chi connectivity index (χ3n) is 3.97. The van der Waals surface area contributed by atoms with Crippen LogP contribution in [0.25, 0.3) is 11.1 Å². The van der Waals surface area contributed by atoms with Crippen molar-refractivity contribution in [2.24, 2.45) is 0 Å². The maximum absolute atomic E-state index is 12.2. The van der Waals surface area contributed by atoms with Gasteiger partial charge in [-0.15, -0.1) is 0 Å². The quantitative estimate of drug-likeness (QED) is 0.732. The third kappa shape index (κ3) is 4.04. The highest BCUT2D eigenvalue weighted by Gasteiger charge is 2.32. The van der Waals surface area contributed by atoms with Crippen LogP contribution in [0.5, 0.6) is 0 Å². The van der Waals surface area contributed by atoms with Gasteiger partial charge in [0.25, 0.3) is 5.22 Å². The molecule has 0 N–H and O–H groups in total. The zero-order valence-corrected chi connectivity index (χ0v) is 15.5. The summed E-state index contributed by atoms with van der Waals surface area (Å²) in [4.78, 5) is 18.1. The van der Waals surface area contributed by atoms with Crippen LogP contribution in [0.4, 0.5) is 0 Å². The molecule has 9 heteroatoms. The van der Waals surface area contributed by atoms with Crippen LogP contribution >= 0.6 is 23.4 Å². The number of oxazole rings is 1. The summed E-state index contributed by atoms with van der Waals surface area (Å²) in [6, 6.07) is 5.22. The standard InChI is InChI=1S/C15H17ClN2O4S2/c1-24(20,21)11-4-6-18(9-11)14(19)5-7-23-15-17-12-8-10(16)2-3-13(12)22-15/h2-3,8,11H,4-7,9H2,1H3. The number of fused-ring (bicyclic) bond motifs is 1. The summed E-state index contributed by atoms with van der Waals surface area (Å²) < 4.78 is 28.7. The molecule has 2 aromatic rings. The van der Waals surface area contributed by atoms with E-state index in [4.69, 9.17) is 16.0 Å². The van der Waals surface area contributed by atoms with Gasteiger partial charge in [0.15, 0.2) is 15.4 Å². The van der Waals surface area contributed by atoms with Crippen LogP contribution in [0.15, 0.2) is 27.8 Å². The molecule has 2 heterocycles. The number of nitrogens with zero attached hydrogens (tertiary/aromatic N) is 2. The van der Waals surface area contributed by atoms with E-state index in [0.717, 1.165) is 0 Å². The van der Waals surface area contributed by atoms with Gasteiger partial charge in [0.05, 0.1) is 5.25 Å². The lowest BCUT2D eigenvalue weighted by Gasteiger charge is -2.15. The van der Waals surface area contributed by atoms with E-state index in [1.807, 2.05) is 0 Å². The first kappa shape index (κ1) is 17.6. The average molecular weight is 389 g/mol. The molecule has 0 spiro atoms. The first-order valence-corrected chi connectivity index (χ1v) is 10.8. The van der Waals surface area contributed by atoms with Crippen molar-refractivity contribution in [2.75, 3.05) is 25.1 Å². The molecule has 0 radical (unpaired) electrons. The summed E-state index contributed by atoms with van der Waals surface area (Å²) in [6.07, 6.45) is 2.06.